The molecule has 2 rings (SSSR count). The minimum atomic E-state index is -0.761. The molecule has 23 heavy (non-hydrogen) atoms. The first-order valence-corrected chi connectivity index (χ1v) is 8.49. The predicted molar refractivity (Wildman–Crippen MR) is 94.4 cm³/mol. The van der Waals surface area contributed by atoms with Gasteiger partial charge in [-0.2, -0.15) is 0 Å². The highest BCUT2D eigenvalue weighted by atomic mass is 79.9. The average Bonchev–Trinajstić information content (AvgIpc) is 2.54. The summed E-state index contributed by atoms with van der Waals surface area (Å²) in [6, 6.07) is 18.2. The predicted octanol–water partition coefficient (Wildman–Crippen LogP) is 5.06. The second-order valence-corrected chi connectivity index (χ2v) is 6.63. The Labute approximate surface area is 145 Å². The third-order valence-corrected chi connectivity index (χ3v) is 4.15. The minimum absolute atomic E-state index is 0.152. The lowest BCUT2D eigenvalue weighted by Crippen LogP contribution is -2.13. The van der Waals surface area contributed by atoms with Gasteiger partial charge in [0.05, 0.1) is 6.61 Å². The van der Waals surface area contributed by atoms with Crippen LogP contribution in [0.1, 0.15) is 37.0 Å². The van der Waals surface area contributed by atoms with Crippen LogP contribution >= 0.6 is 15.9 Å². The van der Waals surface area contributed by atoms with E-state index in [9.17, 15) is 4.79 Å². The highest BCUT2D eigenvalue weighted by Crippen LogP contribution is 2.28. The number of aliphatic carboxylic acids is 1. The van der Waals surface area contributed by atoms with Gasteiger partial charge in [0, 0.05) is 10.9 Å². The van der Waals surface area contributed by atoms with E-state index in [0.717, 1.165) is 15.6 Å². The molecular weight excluding hydrogens is 356 g/mol. The van der Waals surface area contributed by atoms with Crippen molar-refractivity contribution in [2.75, 3.05) is 6.61 Å². The van der Waals surface area contributed by atoms with Gasteiger partial charge in [-0.15, -0.1) is 0 Å². The van der Waals surface area contributed by atoms with Gasteiger partial charge < -0.3 is 9.84 Å². The Morgan fingerprint density at radius 1 is 1.13 bits per heavy atom. The molecule has 122 valence electrons. The summed E-state index contributed by atoms with van der Waals surface area (Å²) in [5, 5.41) is 8.78. The quantitative estimate of drug-likeness (QED) is 0.700. The van der Waals surface area contributed by atoms with Gasteiger partial charge in [-0.1, -0.05) is 65.3 Å². The zero-order chi connectivity index (χ0) is 16.7. The van der Waals surface area contributed by atoms with Crippen molar-refractivity contribution in [1.29, 1.82) is 0 Å². The van der Waals surface area contributed by atoms with Gasteiger partial charge in [0.2, 0.25) is 0 Å². The third kappa shape index (κ3) is 5.81. The third-order valence-electron chi connectivity index (χ3n) is 3.65. The molecule has 3 nitrogen and oxygen atoms in total. The van der Waals surface area contributed by atoms with Crippen molar-refractivity contribution in [2.24, 2.45) is 5.92 Å². The van der Waals surface area contributed by atoms with Gasteiger partial charge >= 0.3 is 5.97 Å². The number of rotatable bonds is 8. The van der Waals surface area contributed by atoms with E-state index >= 15 is 0 Å². The topological polar surface area (TPSA) is 46.5 Å². The van der Waals surface area contributed by atoms with Crippen molar-refractivity contribution in [1.82, 2.24) is 0 Å². The Hall–Kier alpha value is -1.65. The molecule has 2 unspecified atom stereocenters. The molecule has 1 N–H and O–H groups in total. The number of halogens is 1. The molecule has 0 saturated heterocycles. The maximum absolute atomic E-state index is 10.7. The first-order valence-electron chi connectivity index (χ1n) is 7.70. The Morgan fingerprint density at radius 2 is 1.83 bits per heavy atom. The second-order valence-electron chi connectivity index (χ2n) is 5.72. The van der Waals surface area contributed by atoms with Gasteiger partial charge in [-0.3, -0.25) is 4.79 Å². The summed E-state index contributed by atoms with van der Waals surface area (Å²) in [6.45, 7) is 2.55. The van der Waals surface area contributed by atoms with Crippen LogP contribution in [0.5, 0.6) is 0 Å². The number of ether oxygens (including phenoxy) is 1. The number of hydrogen-bond donors (Lipinski definition) is 1. The fourth-order valence-electron chi connectivity index (χ4n) is 2.40. The lowest BCUT2D eigenvalue weighted by atomic mass is 10.0. The van der Waals surface area contributed by atoms with Crippen LogP contribution in [0.25, 0.3) is 0 Å². The Kier molecular flexibility index (Phi) is 6.81. The van der Waals surface area contributed by atoms with E-state index in [1.54, 1.807) is 0 Å². The van der Waals surface area contributed by atoms with Crippen molar-refractivity contribution < 1.29 is 14.6 Å². The molecule has 0 fully saturated rings. The van der Waals surface area contributed by atoms with E-state index in [1.807, 2.05) is 55.5 Å². The summed E-state index contributed by atoms with van der Waals surface area (Å²) >= 11 is 3.50. The van der Waals surface area contributed by atoms with Crippen molar-refractivity contribution in [2.45, 2.75) is 25.9 Å². The molecule has 0 aliphatic heterocycles. The molecular formula is C19H21BrO3. The fourth-order valence-corrected chi connectivity index (χ4v) is 2.81. The number of carboxylic acid groups (broad SMARTS) is 1. The fraction of sp³-hybridized carbons (Fsp3) is 0.316. The number of benzene rings is 2. The highest BCUT2D eigenvalue weighted by molar-refractivity contribution is 9.10. The summed E-state index contributed by atoms with van der Waals surface area (Å²) in [5.41, 5.74) is 2.17. The Balaban J connectivity index is 2.10. The van der Waals surface area contributed by atoms with E-state index in [-0.39, 0.29) is 18.4 Å². The molecule has 0 aliphatic rings. The summed E-state index contributed by atoms with van der Waals surface area (Å²) in [7, 11) is 0. The molecule has 0 saturated carbocycles. The first-order chi connectivity index (χ1) is 11.1. The van der Waals surface area contributed by atoms with E-state index in [0.29, 0.717) is 13.0 Å². The molecule has 0 radical (unpaired) electrons. The molecule has 0 spiro atoms. The van der Waals surface area contributed by atoms with E-state index in [4.69, 9.17) is 9.84 Å². The normalized spacial score (nSPS) is 13.5. The Bertz CT molecular complexity index is 628. The van der Waals surface area contributed by atoms with Gasteiger partial charge in [-0.05, 0) is 35.6 Å². The van der Waals surface area contributed by atoms with E-state index < -0.39 is 5.97 Å². The highest BCUT2D eigenvalue weighted by Gasteiger charge is 2.16. The van der Waals surface area contributed by atoms with Gasteiger partial charge in [0.1, 0.15) is 6.10 Å². The largest absolute Gasteiger partial charge is 0.481 e. The SMILES string of the molecule is CC(CCC(=O)O)COC(c1ccccc1)c1cccc(Br)c1. The molecule has 2 aromatic rings. The monoisotopic (exact) mass is 376 g/mol. The summed E-state index contributed by atoms with van der Waals surface area (Å²) in [6.07, 6.45) is 0.646. The van der Waals surface area contributed by atoms with Crippen molar-refractivity contribution in [3.05, 3.63) is 70.2 Å². The molecule has 0 heterocycles. The average molecular weight is 377 g/mol. The zero-order valence-electron chi connectivity index (χ0n) is 13.1. The number of carboxylic acids is 1. The Morgan fingerprint density at radius 3 is 2.48 bits per heavy atom. The van der Waals surface area contributed by atoms with Crippen LogP contribution in [0.2, 0.25) is 0 Å². The van der Waals surface area contributed by atoms with Gasteiger partial charge in [0.15, 0.2) is 0 Å². The standard InChI is InChI=1S/C19H21BrO3/c1-14(10-11-18(21)22)13-23-19(15-6-3-2-4-7-15)16-8-5-9-17(20)12-16/h2-9,12,14,19H,10-11,13H2,1H3,(H,21,22). The maximum Gasteiger partial charge on any atom is 0.303 e. The van der Waals surface area contributed by atoms with Crippen LogP contribution in [0.3, 0.4) is 0 Å². The molecule has 4 heteroatoms. The van der Waals surface area contributed by atoms with E-state index in [2.05, 4.69) is 22.0 Å². The van der Waals surface area contributed by atoms with Crippen molar-refractivity contribution >= 4 is 21.9 Å². The van der Waals surface area contributed by atoms with Crippen LogP contribution in [-0.2, 0) is 9.53 Å². The molecule has 2 aromatic carbocycles. The van der Waals surface area contributed by atoms with Gasteiger partial charge in [0.25, 0.3) is 0 Å². The molecule has 2 atom stereocenters. The lowest BCUT2D eigenvalue weighted by Gasteiger charge is -2.21. The van der Waals surface area contributed by atoms with Crippen LogP contribution in [-0.4, -0.2) is 17.7 Å². The summed E-state index contributed by atoms with van der Waals surface area (Å²) in [5.74, 6) is -0.562. The van der Waals surface area contributed by atoms with Crippen LogP contribution in [0.4, 0.5) is 0 Å². The molecule has 0 amide bonds. The maximum atomic E-state index is 10.7. The summed E-state index contributed by atoms with van der Waals surface area (Å²) < 4.78 is 7.16. The number of carbonyl (C=O) groups is 1. The minimum Gasteiger partial charge on any atom is -0.481 e. The molecule has 0 aliphatic carbocycles. The second kappa shape index (κ2) is 8.85. The van der Waals surface area contributed by atoms with Crippen molar-refractivity contribution in [3.63, 3.8) is 0 Å². The van der Waals surface area contributed by atoms with Gasteiger partial charge in [-0.25, -0.2) is 0 Å². The smallest absolute Gasteiger partial charge is 0.303 e. The molecule has 0 bridgehead atoms. The number of hydrogen-bond acceptors (Lipinski definition) is 2. The van der Waals surface area contributed by atoms with Crippen LogP contribution < -0.4 is 0 Å². The van der Waals surface area contributed by atoms with E-state index in [1.165, 1.54) is 0 Å². The summed E-state index contributed by atoms with van der Waals surface area (Å²) in [4.78, 5) is 10.7. The van der Waals surface area contributed by atoms with Crippen LogP contribution in [0.15, 0.2) is 59.1 Å². The first kappa shape index (κ1) is 17.7. The van der Waals surface area contributed by atoms with Crippen LogP contribution in [0, 0.1) is 5.92 Å². The van der Waals surface area contributed by atoms with Crippen molar-refractivity contribution in [3.8, 4) is 0 Å². The molecule has 0 aromatic heterocycles. The lowest BCUT2D eigenvalue weighted by molar-refractivity contribution is -0.137. The zero-order valence-corrected chi connectivity index (χ0v) is 14.7.